The van der Waals surface area contributed by atoms with E-state index < -0.39 is 5.76 Å². The van der Waals surface area contributed by atoms with Gasteiger partial charge in [-0.05, 0) is 12.8 Å². The molecule has 1 saturated heterocycles. The summed E-state index contributed by atoms with van der Waals surface area (Å²) in [5, 5.41) is 8.64. The number of nitrogens with zero attached hydrogens (tertiary/aromatic N) is 3. The van der Waals surface area contributed by atoms with E-state index in [-0.39, 0.29) is 11.8 Å². The first kappa shape index (κ1) is 14.9. The standard InChI is InChI=1S/C13H16N4O4S/c1-20-6-10-14-9(7-22-10)12(18)17-4-2-3-8(5-17)11-15-16-13(19)21-11/h7-8H,2-6H2,1H3,(H,16,19). The minimum Gasteiger partial charge on any atom is -0.392 e. The summed E-state index contributed by atoms with van der Waals surface area (Å²) in [6, 6.07) is 0. The lowest BCUT2D eigenvalue weighted by Gasteiger charge is -2.30. The molecule has 1 aliphatic heterocycles. The zero-order chi connectivity index (χ0) is 15.5. The van der Waals surface area contributed by atoms with Crippen molar-refractivity contribution in [3.05, 3.63) is 32.5 Å². The van der Waals surface area contributed by atoms with Crippen LogP contribution >= 0.6 is 11.3 Å². The van der Waals surface area contributed by atoms with Crippen molar-refractivity contribution in [1.29, 1.82) is 0 Å². The van der Waals surface area contributed by atoms with Crippen molar-refractivity contribution in [2.24, 2.45) is 0 Å². The van der Waals surface area contributed by atoms with Crippen molar-refractivity contribution < 1.29 is 13.9 Å². The highest BCUT2D eigenvalue weighted by Gasteiger charge is 2.29. The van der Waals surface area contributed by atoms with Crippen LogP contribution in [0.15, 0.2) is 14.6 Å². The van der Waals surface area contributed by atoms with Crippen molar-refractivity contribution in [1.82, 2.24) is 20.1 Å². The Labute approximate surface area is 130 Å². The number of amides is 1. The smallest absolute Gasteiger partial charge is 0.392 e. The summed E-state index contributed by atoms with van der Waals surface area (Å²) in [5.41, 5.74) is 0.432. The lowest BCUT2D eigenvalue weighted by Crippen LogP contribution is -2.39. The zero-order valence-electron chi connectivity index (χ0n) is 12.1. The molecule has 0 bridgehead atoms. The van der Waals surface area contributed by atoms with Gasteiger partial charge in [-0.2, -0.15) is 0 Å². The van der Waals surface area contributed by atoms with Crippen molar-refractivity contribution in [2.45, 2.75) is 25.4 Å². The lowest BCUT2D eigenvalue weighted by atomic mass is 9.98. The summed E-state index contributed by atoms with van der Waals surface area (Å²) in [6.45, 7) is 1.55. The molecule has 0 spiro atoms. The third kappa shape index (κ3) is 3.09. The number of H-pyrrole nitrogens is 1. The topological polar surface area (TPSA) is 101 Å². The molecular weight excluding hydrogens is 308 g/mol. The van der Waals surface area contributed by atoms with Gasteiger partial charge in [-0.3, -0.25) is 4.79 Å². The number of nitrogens with one attached hydrogen (secondary N) is 1. The van der Waals surface area contributed by atoms with Crippen LogP contribution in [0.3, 0.4) is 0 Å². The lowest BCUT2D eigenvalue weighted by molar-refractivity contribution is 0.0692. The fraction of sp³-hybridized carbons (Fsp3) is 0.538. The number of methoxy groups -OCH3 is 1. The number of hydrogen-bond donors (Lipinski definition) is 1. The number of hydrogen-bond acceptors (Lipinski definition) is 7. The van der Waals surface area contributed by atoms with Crippen LogP contribution in [0.1, 0.15) is 40.1 Å². The third-order valence-electron chi connectivity index (χ3n) is 3.55. The van der Waals surface area contributed by atoms with Crippen molar-refractivity contribution in [3.8, 4) is 0 Å². The molecule has 3 rings (SSSR count). The summed E-state index contributed by atoms with van der Waals surface area (Å²) < 4.78 is 10.0. The van der Waals surface area contributed by atoms with Gasteiger partial charge in [-0.25, -0.2) is 14.9 Å². The second-order valence-electron chi connectivity index (χ2n) is 5.10. The summed E-state index contributed by atoms with van der Waals surface area (Å²) >= 11 is 1.41. The molecule has 2 aromatic rings. The normalized spacial score (nSPS) is 18.6. The Bertz CT molecular complexity index is 707. The summed E-state index contributed by atoms with van der Waals surface area (Å²) in [6.07, 6.45) is 1.67. The molecule has 1 unspecified atom stereocenters. The monoisotopic (exact) mass is 324 g/mol. The molecule has 1 N–H and O–H groups in total. The predicted molar refractivity (Wildman–Crippen MR) is 77.8 cm³/mol. The van der Waals surface area contributed by atoms with Gasteiger partial charge in [0.25, 0.3) is 5.91 Å². The maximum absolute atomic E-state index is 12.5. The van der Waals surface area contributed by atoms with Gasteiger partial charge in [-0.15, -0.1) is 16.4 Å². The SMILES string of the molecule is COCc1nc(C(=O)N2CCCC(c3n[nH]c(=O)o3)C2)cs1. The quantitative estimate of drug-likeness (QED) is 0.900. The molecule has 0 aromatic carbocycles. The Kier molecular flexibility index (Phi) is 4.34. The van der Waals surface area contributed by atoms with E-state index in [1.54, 1.807) is 17.4 Å². The molecular formula is C13H16N4O4S. The second kappa shape index (κ2) is 6.41. The first-order chi connectivity index (χ1) is 10.7. The van der Waals surface area contributed by atoms with Gasteiger partial charge in [0.2, 0.25) is 5.89 Å². The van der Waals surface area contributed by atoms with E-state index in [0.717, 1.165) is 17.8 Å². The van der Waals surface area contributed by atoms with Gasteiger partial charge < -0.3 is 14.1 Å². The Balaban J connectivity index is 1.70. The van der Waals surface area contributed by atoms with Crippen LogP contribution < -0.4 is 5.76 Å². The van der Waals surface area contributed by atoms with Gasteiger partial charge >= 0.3 is 5.76 Å². The van der Waals surface area contributed by atoms with E-state index in [0.29, 0.717) is 31.3 Å². The fourth-order valence-corrected chi connectivity index (χ4v) is 3.28. The molecule has 0 aliphatic carbocycles. The Morgan fingerprint density at radius 1 is 1.64 bits per heavy atom. The molecule has 3 heterocycles. The van der Waals surface area contributed by atoms with E-state index in [1.165, 1.54) is 11.3 Å². The van der Waals surface area contributed by atoms with Crippen LogP contribution in [0.4, 0.5) is 0 Å². The largest absolute Gasteiger partial charge is 0.434 e. The minimum atomic E-state index is -0.567. The number of aromatic nitrogens is 3. The van der Waals surface area contributed by atoms with Gasteiger partial charge in [0, 0.05) is 25.6 Å². The molecule has 1 atom stereocenters. The van der Waals surface area contributed by atoms with Crippen LogP contribution in [0.25, 0.3) is 0 Å². The summed E-state index contributed by atoms with van der Waals surface area (Å²) in [4.78, 5) is 29.6. The average Bonchev–Trinajstić information content (AvgIpc) is 3.16. The molecule has 118 valence electrons. The number of carbonyl (C=O) groups is 1. The van der Waals surface area contributed by atoms with Crippen LogP contribution in [0.2, 0.25) is 0 Å². The highest BCUT2D eigenvalue weighted by molar-refractivity contribution is 7.09. The highest BCUT2D eigenvalue weighted by atomic mass is 32.1. The molecule has 8 nitrogen and oxygen atoms in total. The van der Waals surface area contributed by atoms with Gasteiger partial charge in [0.15, 0.2) is 0 Å². The average molecular weight is 324 g/mol. The van der Waals surface area contributed by atoms with Crippen LogP contribution in [0, 0.1) is 0 Å². The van der Waals surface area contributed by atoms with Crippen molar-refractivity contribution in [2.75, 3.05) is 20.2 Å². The molecule has 22 heavy (non-hydrogen) atoms. The van der Waals surface area contributed by atoms with Crippen LogP contribution in [-0.2, 0) is 11.3 Å². The Morgan fingerprint density at radius 3 is 3.23 bits per heavy atom. The van der Waals surface area contributed by atoms with E-state index in [2.05, 4.69) is 15.2 Å². The molecule has 1 aliphatic rings. The number of piperidine rings is 1. The number of ether oxygens (including phenoxy) is 1. The van der Waals surface area contributed by atoms with Crippen LogP contribution in [-0.4, -0.2) is 46.2 Å². The second-order valence-corrected chi connectivity index (χ2v) is 6.04. The number of thiazole rings is 1. The van der Waals surface area contributed by atoms with E-state index in [9.17, 15) is 9.59 Å². The third-order valence-corrected chi connectivity index (χ3v) is 4.37. The first-order valence-corrected chi connectivity index (χ1v) is 7.83. The van der Waals surface area contributed by atoms with Crippen molar-refractivity contribution in [3.63, 3.8) is 0 Å². The number of rotatable bonds is 4. The number of likely N-dealkylation sites (tertiary alicyclic amines) is 1. The molecule has 1 amide bonds. The molecule has 9 heteroatoms. The van der Waals surface area contributed by atoms with Crippen molar-refractivity contribution >= 4 is 17.2 Å². The maximum Gasteiger partial charge on any atom is 0.434 e. The summed E-state index contributed by atoms with van der Waals surface area (Å²) in [5.74, 6) is -0.377. The zero-order valence-corrected chi connectivity index (χ0v) is 12.9. The maximum atomic E-state index is 12.5. The highest BCUT2D eigenvalue weighted by Crippen LogP contribution is 2.26. The van der Waals surface area contributed by atoms with E-state index in [1.807, 2.05) is 0 Å². The molecule has 1 fully saturated rings. The minimum absolute atomic E-state index is 0.0614. The molecule has 0 radical (unpaired) electrons. The number of aromatic amines is 1. The summed E-state index contributed by atoms with van der Waals surface area (Å²) in [7, 11) is 1.59. The number of carbonyl (C=O) groups excluding carboxylic acids is 1. The van der Waals surface area contributed by atoms with Gasteiger partial charge in [0.05, 0.1) is 12.5 Å². The molecule has 2 aromatic heterocycles. The van der Waals surface area contributed by atoms with E-state index >= 15 is 0 Å². The fourth-order valence-electron chi connectivity index (χ4n) is 2.54. The molecule has 0 saturated carbocycles. The van der Waals surface area contributed by atoms with Gasteiger partial charge in [-0.1, -0.05) is 0 Å². The Hall–Kier alpha value is -2.00. The van der Waals surface area contributed by atoms with Gasteiger partial charge in [0.1, 0.15) is 10.7 Å². The Morgan fingerprint density at radius 2 is 2.50 bits per heavy atom. The first-order valence-electron chi connectivity index (χ1n) is 6.95. The van der Waals surface area contributed by atoms with E-state index in [4.69, 9.17) is 9.15 Å². The van der Waals surface area contributed by atoms with Crippen LogP contribution in [0.5, 0.6) is 0 Å². The predicted octanol–water partition coefficient (Wildman–Crippen LogP) is 0.986.